The van der Waals surface area contributed by atoms with E-state index in [2.05, 4.69) is 5.38 Å². The molecule has 0 spiro atoms. The van der Waals surface area contributed by atoms with Crippen LogP contribution in [-0.2, 0) is 10.2 Å². The molecule has 3 heterocycles. The van der Waals surface area contributed by atoms with E-state index in [1.807, 2.05) is 41.8 Å². The Bertz CT molecular complexity index is 1310. The summed E-state index contributed by atoms with van der Waals surface area (Å²) in [5.74, 6) is 0.239. The highest BCUT2D eigenvalue weighted by Crippen LogP contribution is 2.54. The molecule has 3 aromatic heterocycles. The lowest BCUT2D eigenvalue weighted by Crippen LogP contribution is -2.18. The Hall–Kier alpha value is -3.27. The zero-order chi connectivity index (χ0) is 23.0. The molecule has 4 aromatic rings. The number of hydrogen-bond donors (Lipinski definition) is 2. The maximum Gasteiger partial charge on any atom is 0.274 e. The van der Waals surface area contributed by atoms with Gasteiger partial charge in [-0.15, -0.1) is 11.3 Å². The lowest BCUT2D eigenvalue weighted by Gasteiger charge is -2.13. The fraction of sp³-hybridized carbons (Fsp3) is 0.292. The van der Waals surface area contributed by atoms with Gasteiger partial charge in [-0.3, -0.25) is 14.4 Å². The molecule has 1 saturated carbocycles. The summed E-state index contributed by atoms with van der Waals surface area (Å²) >= 11 is 1.65. The number of thiazole rings is 1. The molecular formula is C24H24N4O4S. The van der Waals surface area contributed by atoms with Crippen molar-refractivity contribution in [1.29, 1.82) is 0 Å². The van der Waals surface area contributed by atoms with Gasteiger partial charge in [-0.2, -0.15) is 0 Å². The highest BCUT2D eigenvalue weighted by atomic mass is 32.1. The standard InChI is InChI=1S/C24H24N4O4S/c1-15-21(28-10-7-18(13-20(28)25-15)32-12-11-31-2)19-14-33-23(26-19)24(8-9-24)17-5-3-16(4-6-17)22(29)27-30/h3-7,10,13-14,30H,8-9,11-12H2,1-2H3,(H,27,29). The van der Waals surface area contributed by atoms with Crippen LogP contribution in [-0.4, -0.2) is 45.8 Å². The van der Waals surface area contributed by atoms with E-state index in [1.165, 1.54) is 0 Å². The number of rotatable bonds is 8. The summed E-state index contributed by atoms with van der Waals surface area (Å²) in [6.07, 6.45) is 3.99. The number of imidazole rings is 1. The Kier molecular flexibility index (Phi) is 5.61. The van der Waals surface area contributed by atoms with Crippen LogP contribution in [0.4, 0.5) is 0 Å². The van der Waals surface area contributed by atoms with Crippen LogP contribution in [0.15, 0.2) is 48.0 Å². The number of aromatic nitrogens is 3. The van der Waals surface area contributed by atoms with Gasteiger partial charge in [0.05, 0.1) is 18.0 Å². The summed E-state index contributed by atoms with van der Waals surface area (Å²) in [5, 5.41) is 12.0. The third kappa shape index (κ3) is 3.88. The molecular weight excluding hydrogens is 440 g/mol. The number of methoxy groups -OCH3 is 1. The number of carbonyl (C=O) groups excluding carboxylic acids is 1. The van der Waals surface area contributed by atoms with Crippen molar-refractivity contribution in [3.63, 3.8) is 0 Å². The first kappa shape index (κ1) is 21.6. The van der Waals surface area contributed by atoms with Crippen LogP contribution in [0, 0.1) is 6.92 Å². The van der Waals surface area contributed by atoms with E-state index < -0.39 is 5.91 Å². The van der Waals surface area contributed by atoms with E-state index in [0.717, 1.165) is 51.9 Å². The van der Waals surface area contributed by atoms with Crippen LogP contribution in [0.3, 0.4) is 0 Å². The van der Waals surface area contributed by atoms with E-state index in [1.54, 1.807) is 36.1 Å². The molecule has 170 valence electrons. The second-order valence-electron chi connectivity index (χ2n) is 8.12. The molecule has 1 aliphatic carbocycles. The summed E-state index contributed by atoms with van der Waals surface area (Å²) in [5.41, 5.74) is 6.69. The first-order valence-electron chi connectivity index (χ1n) is 10.7. The topological polar surface area (TPSA) is 98.0 Å². The molecule has 33 heavy (non-hydrogen) atoms. The van der Waals surface area contributed by atoms with Gasteiger partial charge in [0.15, 0.2) is 0 Å². The molecule has 0 saturated heterocycles. The van der Waals surface area contributed by atoms with Crippen LogP contribution >= 0.6 is 11.3 Å². The lowest BCUT2D eigenvalue weighted by atomic mass is 9.95. The largest absolute Gasteiger partial charge is 0.491 e. The van der Waals surface area contributed by atoms with Crippen LogP contribution in [0.1, 0.15) is 39.5 Å². The molecule has 1 amide bonds. The van der Waals surface area contributed by atoms with Gasteiger partial charge in [-0.25, -0.2) is 15.4 Å². The number of hydroxylamine groups is 1. The Labute approximate surface area is 194 Å². The van der Waals surface area contributed by atoms with Gasteiger partial charge < -0.3 is 9.47 Å². The van der Waals surface area contributed by atoms with Gasteiger partial charge in [0.1, 0.15) is 28.7 Å². The molecule has 2 N–H and O–H groups in total. The zero-order valence-corrected chi connectivity index (χ0v) is 19.2. The minimum absolute atomic E-state index is 0.117. The van der Waals surface area contributed by atoms with Crippen LogP contribution in [0.25, 0.3) is 17.0 Å². The maximum atomic E-state index is 11.6. The third-order valence-corrected chi connectivity index (χ3v) is 7.08. The molecule has 0 bridgehead atoms. The van der Waals surface area contributed by atoms with Crippen molar-refractivity contribution in [2.45, 2.75) is 25.2 Å². The summed E-state index contributed by atoms with van der Waals surface area (Å²) in [6.45, 7) is 3.01. The monoisotopic (exact) mass is 464 g/mol. The van der Waals surface area contributed by atoms with Gasteiger partial charge in [0, 0.05) is 35.7 Å². The Morgan fingerprint density at radius 3 is 2.70 bits per heavy atom. The lowest BCUT2D eigenvalue weighted by molar-refractivity contribution is 0.0706. The minimum Gasteiger partial charge on any atom is -0.491 e. The molecule has 8 nitrogen and oxygen atoms in total. The number of nitrogens with one attached hydrogen (secondary N) is 1. The third-order valence-electron chi connectivity index (χ3n) is 6.04. The predicted molar refractivity (Wildman–Crippen MR) is 124 cm³/mol. The van der Waals surface area contributed by atoms with E-state index in [4.69, 9.17) is 24.6 Å². The van der Waals surface area contributed by atoms with Crippen molar-refractivity contribution in [2.75, 3.05) is 20.3 Å². The number of ether oxygens (including phenoxy) is 2. The van der Waals surface area contributed by atoms with Crippen LogP contribution in [0.2, 0.25) is 0 Å². The highest BCUT2D eigenvalue weighted by Gasteiger charge is 2.48. The number of fused-ring (bicyclic) bond motifs is 1. The molecule has 5 rings (SSSR count). The molecule has 1 fully saturated rings. The fourth-order valence-corrected chi connectivity index (χ4v) is 5.23. The Morgan fingerprint density at radius 2 is 2.00 bits per heavy atom. The van der Waals surface area contributed by atoms with Gasteiger partial charge in [0.25, 0.3) is 5.91 Å². The van der Waals surface area contributed by atoms with E-state index in [-0.39, 0.29) is 5.41 Å². The van der Waals surface area contributed by atoms with Crippen LogP contribution in [0.5, 0.6) is 5.75 Å². The number of nitrogens with zero attached hydrogens (tertiary/aromatic N) is 3. The van der Waals surface area contributed by atoms with Gasteiger partial charge in [-0.05, 0) is 43.5 Å². The van der Waals surface area contributed by atoms with Crippen molar-refractivity contribution in [2.24, 2.45) is 0 Å². The second-order valence-corrected chi connectivity index (χ2v) is 8.97. The maximum absolute atomic E-state index is 11.6. The average Bonchev–Trinajstić information content (AvgIpc) is 3.38. The minimum atomic E-state index is -0.515. The number of aryl methyl sites for hydroxylation is 1. The van der Waals surface area contributed by atoms with Crippen molar-refractivity contribution < 1.29 is 19.5 Å². The molecule has 0 radical (unpaired) electrons. The SMILES string of the molecule is COCCOc1ccn2c(-c3csc(C4(c5ccc(C(=O)NO)cc5)CC4)n3)c(C)nc2c1. The van der Waals surface area contributed by atoms with Gasteiger partial charge >= 0.3 is 0 Å². The number of benzene rings is 1. The van der Waals surface area contributed by atoms with E-state index in [9.17, 15) is 4.79 Å². The molecule has 1 aliphatic rings. The van der Waals surface area contributed by atoms with Crippen molar-refractivity contribution >= 4 is 22.9 Å². The fourth-order valence-electron chi connectivity index (χ4n) is 4.14. The van der Waals surface area contributed by atoms with E-state index in [0.29, 0.717) is 18.8 Å². The molecule has 0 aliphatic heterocycles. The Morgan fingerprint density at radius 1 is 1.21 bits per heavy atom. The first-order valence-corrected chi connectivity index (χ1v) is 11.6. The summed E-state index contributed by atoms with van der Waals surface area (Å²) < 4.78 is 12.8. The van der Waals surface area contributed by atoms with Crippen molar-refractivity contribution in [3.8, 4) is 17.1 Å². The molecule has 0 unspecified atom stereocenters. The van der Waals surface area contributed by atoms with Crippen LogP contribution < -0.4 is 10.2 Å². The number of carbonyl (C=O) groups is 1. The van der Waals surface area contributed by atoms with Crippen molar-refractivity contribution in [1.82, 2.24) is 19.8 Å². The number of pyridine rings is 1. The Balaban J connectivity index is 1.44. The quantitative estimate of drug-likeness (QED) is 0.232. The predicted octanol–water partition coefficient (Wildman–Crippen LogP) is 3.99. The van der Waals surface area contributed by atoms with E-state index >= 15 is 0 Å². The number of hydrogen-bond acceptors (Lipinski definition) is 7. The summed E-state index contributed by atoms with van der Waals surface area (Å²) in [6, 6.07) is 11.2. The summed E-state index contributed by atoms with van der Waals surface area (Å²) in [4.78, 5) is 21.4. The molecule has 1 aromatic carbocycles. The normalized spacial score (nSPS) is 14.4. The highest BCUT2D eigenvalue weighted by molar-refractivity contribution is 7.10. The average molecular weight is 465 g/mol. The smallest absolute Gasteiger partial charge is 0.274 e. The first-order chi connectivity index (χ1) is 16.1. The second kappa shape index (κ2) is 8.58. The summed E-state index contributed by atoms with van der Waals surface area (Å²) in [7, 11) is 1.65. The van der Waals surface area contributed by atoms with Gasteiger partial charge in [-0.1, -0.05) is 12.1 Å². The van der Waals surface area contributed by atoms with Gasteiger partial charge in [0.2, 0.25) is 0 Å². The molecule has 0 atom stereocenters. The molecule has 9 heteroatoms. The van der Waals surface area contributed by atoms with Crippen molar-refractivity contribution in [3.05, 3.63) is 69.8 Å². The number of amides is 1. The zero-order valence-electron chi connectivity index (χ0n) is 18.4.